The van der Waals surface area contributed by atoms with Crippen LogP contribution in [0.5, 0.6) is 5.75 Å². The van der Waals surface area contributed by atoms with E-state index in [1.54, 1.807) is 0 Å². The van der Waals surface area contributed by atoms with Gasteiger partial charge < -0.3 is 15.0 Å². The summed E-state index contributed by atoms with van der Waals surface area (Å²) in [6.07, 6.45) is 0. The number of rotatable bonds is 6. The Bertz CT molecular complexity index is 820. The number of ether oxygens (including phenoxy) is 1. The van der Waals surface area contributed by atoms with Gasteiger partial charge in [0.1, 0.15) is 12.4 Å². The fourth-order valence-electron chi connectivity index (χ4n) is 2.64. The van der Waals surface area contributed by atoms with Crippen molar-refractivity contribution in [2.24, 2.45) is 0 Å². The summed E-state index contributed by atoms with van der Waals surface area (Å²) in [7, 11) is 1.85. The lowest BCUT2D eigenvalue weighted by atomic mass is 10.2. The van der Waals surface area contributed by atoms with E-state index in [0.717, 1.165) is 17.0 Å². The molecule has 132 valence electrons. The van der Waals surface area contributed by atoms with E-state index in [0.29, 0.717) is 18.3 Å². The van der Waals surface area contributed by atoms with Crippen LogP contribution in [0.15, 0.2) is 84.9 Å². The second-order valence-corrected chi connectivity index (χ2v) is 6.28. The highest BCUT2D eigenvalue weighted by Gasteiger charge is 2.11. The molecule has 0 aliphatic rings. The monoisotopic (exact) mass is 362 g/mol. The van der Waals surface area contributed by atoms with Gasteiger partial charge in [0.2, 0.25) is 0 Å². The van der Waals surface area contributed by atoms with Crippen LogP contribution < -0.4 is 15.0 Å². The second kappa shape index (κ2) is 9.02. The predicted molar refractivity (Wildman–Crippen MR) is 111 cm³/mol. The first kappa shape index (κ1) is 18.0. The van der Waals surface area contributed by atoms with Gasteiger partial charge in [-0.05, 0) is 47.6 Å². The predicted octanol–water partition coefficient (Wildman–Crippen LogP) is 4.78. The van der Waals surface area contributed by atoms with Gasteiger partial charge in [-0.25, -0.2) is 0 Å². The van der Waals surface area contributed by atoms with E-state index in [-0.39, 0.29) is 0 Å². The number of hydrogen-bond acceptors (Lipinski definition) is 2. The van der Waals surface area contributed by atoms with E-state index in [1.807, 2.05) is 55.6 Å². The van der Waals surface area contributed by atoms with Crippen LogP contribution in [0.4, 0.5) is 5.69 Å². The molecular formula is C22H22N2OS. The molecular weight excluding hydrogens is 340 g/mol. The Kier molecular flexibility index (Phi) is 6.23. The number of para-hydroxylation sites is 1. The van der Waals surface area contributed by atoms with Crippen LogP contribution in [0.3, 0.4) is 0 Å². The SMILES string of the molecule is CNC(=S)N(Cc1ccc(OCc2ccccc2)cc1)c1ccccc1. The van der Waals surface area contributed by atoms with Gasteiger partial charge in [-0.3, -0.25) is 0 Å². The first-order valence-corrected chi connectivity index (χ1v) is 8.97. The molecule has 0 aliphatic heterocycles. The van der Waals surface area contributed by atoms with Crippen LogP contribution in [0.25, 0.3) is 0 Å². The Hall–Kier alpha value is -2.85. The first-order chi connectivity index (χ1) is 12.8. The zero-order chi connectivity index (χ0) is 18.2. The largest absolute Gasteiger partial charge is 0.489 e. The second-order valence-electron chi connectivity index (χ2n) is 5.90. The van der Waals surface area contributed by atoms with Crippen molar-refractivity contribution in [3.63, 3.8) is 0 Å². The smallest absolute Gasteiger partial charge is 0.173 e. The number of nitrogens with one attached hydrogen (secondary N) is 1. The van der Waals surface area contributed by atoms with Crippen molar-refractivity contribution in [1.29, 1.82) is 0 Å². The summed E-state index contributed by atoms with van der Waals surface area (Å²) >= 11 is 5.47. The van der Waals surface area contributed by atoms with Gasteiger partial charge in [-0.2, -0.15) is 0 Å². The molecule has 4 heteroatoms. The Morgan fingerprint density at radius 1 is 0.846 bits per heavy atom. The molecule has 0 unspecified atom stereocenters. The molecule has 0 aliphatic carbocycles. The van der Waals surface area contributed by atoms with Crippen molar-refractivity contribution in [2.75, 3.05) is 11.9 Å². The third kappa shape index (κ3) is 4.83. The number of benzene rings is 3. The molecule has 3 nitrogen and oxygen atoms in total. The summed E-state index contributed by atoms with van der Waals surface area (Å²) in [5.74, 6) is 0.861. The fourth-order valence-corrected chi connectivity index (χ4v) is 2.81. The zero-order valence-corrected chi connectivity index (χ0v) is 15.6. The minimum atomic E-state index is 0.570. The van der Waals surface area contributed by atoms with Crippen LogP contribution in [-0.2, 0) is 13.2 Å². The first-order valence-electron chi connectivity index (χ1n) is 8.56. The van der Waals surface area contributed by atoms with Gasteiger partial charge in [0, 0.05) is 12.7 Å². The molecule has 26 heavy (non-hydrogen) atoms. The maximum Gasteiger partial charge on any atom is 0.173 e. The average Bonchev–Trinajstić information content (AvgIpc) is 2.72. The summed E-state index contributed by atoms with van der Waals surface area (Å²) < 4.78 is 5.85. The van der Waals surface area contributed by atoms with Gasteiger partial charge >= 0.3 is 0 Å². The number of nitrogens with zero attached hydrogens (tertiary/aromatic N) is 1. The van der Waals surface area contributed by atoms with Crippen molar-refractivity contribution in [3.05, 3.63) is 96.1 Å². The van der Waals surface area contributed by atoms with Crippen molar-refractivity contribution in [2.45, 2.75) is 13.2 Å². The maximum atomic E-state index is 5.85. The molecule has 0 fully saturated rings. The van der Waals surface area contributed by atoms with Gasteiger partial charge in [-0.1, -0.05) is 60.7 Å². The van der Waals surface area contributed by atoms with Gasteiger partial charge in [0.15, 0.2) is 5.11 Å². The van der Waals surface area contributed by atoms with Gasteiger partial charge in [-0.15, -0.1) is 0 Å². The lowest BCUT2D eigenvalue weighted by molar-refractivity contribution is 0.306. The Morgan fingerprint density at radius 3 is 2.08 bits per heavy atom. The molecule has 0 aromatic heterocycles. The highest BCUT2D eigenvalue weighted by molar-refractivity contribution is 7.80. The number of anilines is 1. The summed E-state index contributed by atoms with van der Waals surface area (Å²) in [6.45, 7) is 1.27. The standard InChI is InChI=1S/C22H22N2OS/c1-23-22(26)24(20-10-6-3-7-11-20)16-18-12-14-21(15-13-18)25-17-19-8-4-2-5-9-19/h2-15H,16-17H2,1H3,(H,23,26). The van der Waals surface area contributed by atoms with E-state index in [1.165, 1.54) is 5.56 Å². The highest BCUT2D eigenvalue weighted by atomic mass is 32.1. The molecule has 0 spiro atoms. The zero-order valence-electron chi connectivity index (χ0n) is 14.8. The van der Waals surface area contributed by atoms with Gasteiger partial charge in [0.25, 0.3) is 0 Å². The van der Waals surface area contributed by atoms with Crippen LogP contribution in [0.2, 0.25) is 0 Å². The Morgan fingerprint density at radius 2 is 1.46 bits per heavy atom. The lowest BCUT2D eigenvalue weighted by Crippen LogP contribution is -2.37. The van der Waals surface area contributed by atoms with Crippen LogP contribution >= 0.6 is 12.2 Å². The molecule has 1 N–H and O–H groups in total. The third-order valence-corrected chi connectivity index (χ3v) is 4.46. The highest BCUT2D eigenvalue weighted by Crippen LogP contribution is 2.19. The Labute approximate surface area is 160 Å². The molecule has 0 amide bonds. The lowest BCUT2D eigenvalue weighted by Gasteiger charge is -2.25. The fraction of sp³-hybridized carbons (Fsp3) is 0.136. The average molecular weight is 362 g/mol. The van der Waals surface area contributed by atoms with E-state index >= 15 is 0 Å². The molecule has 0 atom stereocenters. The summed E-state index contributed by atoms with van der Waals surface area (Å²) in [5.41, 5.74) is 3.39. The summed E-state index contributed by atoms with van der Waals surface area (Å²) in [5, 5.41) is 3.76. The molecule has 0 saturated carbocycles. The van der Waals surface area contributed by atoms with Crippen LogP contribution in [0, 0.1) is 0 Å². The van der Waals surface area contributed by atoms with E-state index in [4.69, 9.17) is 17.0 Å². The topological polar surface area (TPSA) is 24.5 Å². The van der Waals surface area contributed by atoms with Crippen LogP contribution in [-0.4, -0.2) is 12.2 Å². The summed E-state index contributed by atoms with van der Waals surface area (Å²) in [4.78, 5) is 2.08. The van der Waals surface area contributed by atoms with E-state index in [9.17, 15) is 0 Å². The van der Waals surface area contributed by atoms with Crippen LogP contribution in [0.1, 0.15) is 11.1 Å². The molecule has 3 aromatic rings. The molecule has 0 bridgehead atoms. The Balaban J connectivity index is 1.66. The van der Waals surface area contributed by atoms with Crippen molar-refractivity contribution < 1.29 is 4.74 Å². The molecule has 0 heterocycles. The molecule has 0 saturated heterocycles. The maximum absolute atomic E-state index is 5.85. The minimum absolute atomic E-state index is 0.570. The van der Waals surface area contributed by atoms with Crippen molar-refractivity contribution in [1.82, 2.24) is 5.32 Å². The quantitative estimate of drug-likeness (QED) is 0.638. The van der Waals surface area contributed by atoms with Crippen molar-refractivity contribution >= 4 is 23.0 Å². The molecule has 3 aromatic carbocycles. The van der Waals surface area contributed by atoms with E-state index < -0.39 is 0 Å². The normalized spacial score (nSPS) is 10.2. The minimum Gasteiger partial charge on any atom is -0.489 e. The van der Waals surface area contributed by atoms with Crippen molar-refractivity contribution in [3.8, 4) is 5.75 Å². The molecule has 3 rings (SSSR count). The van der Waals surface area contributed by atoms with E-state index in [2.05, 4.69) is 46.6 Å². The summed E-state index contributed by atoms with van der Waals surface area (Å²) in [6, 6.07) is 28.5. The van der Waals surface area contributed by atoms with Gasteiger partial charge in [0.05, 0.1) is 6.54 Å². The third-order valence-electron chi connectivity index (χ3n) is 4.04. The number of hydrogen-bond donors (Lipinski definition) is 1. The molecule has 0 radical (unpaired) electrons. The number of thiocarbonyl (C=S) groups is 1.